The van der Waals surface area contributed by atoms with Crippen LogP contribution in [0.3, 0.4) is 0 Å². The molecule has 0 radical (unpaired) electrons. The van der Waals surface area contributed by atoms with E-state index in [1.54, 1.807) is 43.3 Å². The van der Waals surface area contributed by atoms with E-state index in [9.17, 15) is 13.6 Å². The van der Waals surface area contributed by atoms with E-state index in [-0.39, 0.29) is 28.7 Å². The number of hydrogen-bond acceptors (Lipinski definition) is 2. The predicted octanol–water partition coefficient (Wildman–Crippen LogP) is 9.65. The summed E-state index contributed by atoms with van der Waals surface area (Å²) in [6.07, 6.45) is 15.1. The largest absolute Gasteiger partial charge is 0.339 e. The summed E-state index contributed by atoms with van der Waals surface area (Å²) in [6.45, 7) is 11.4. The maximum Gasteiger partial charge on any atom is 0.253 e. The third-order valence-corrected chi connectivity index (χ3v) is 9.12. The number of hydrogen-bond donors (Lipinski definition) is 1. The van der Waals surface area contributed by atoms with Crippen molar-refractivity contribution in [3.8, 4) is 12.3 Å². The molecule has 1 saturated heterocycles. The predicted molar refractivity (Wildman–Crippen MR) is 185 cm³/mol. The van der Waals surface area contributed by atoms with Crippen molar-refractivity contribution in [1.29, 1.82) is 5.41 Å². The number of benzene rings is 3. The van der Waals surface area contributed by atoms with E-state index in [4.69, 9.17) is 5.41 Å². The van der Waals surface area contributed by atoms with Gasteiger partial charge in [0, 0.05) is 35.2 Å². The number of carbonyl (C=O) groups excluding carboxylic acids is 1. The number of nitrogens with one attached hydrogen (secondary N) is 1. The van der Waals surface area contributed by atoms with E-state index in [1.807, 2.05) is 24.0 Å². The summed E-state index contributed by atoms with van der Waals surface area (Å²) in [5.41, 5.74) is 7.86. The summed E-state index contributed by atoms with van der Waals surface area (Å²) in [6, 6.07) is 18.3. The standard InChI is InChI=1S/C38H40F2N2O.C3H4/c1-25(2)27(4)35-24-38(35,18-6-5-9-28-10-7-12-32(39)22-28)31-16-19-42(20-17-31)37(43)30-14-15-34(26(3)21-30)36(41)29-11-8-13-33(40)23-29;1-3-2/h6-8,10-15,18,21-24,31,41H,5,9,16-17,19-20H2,1-4H3;1H,2H3/b18-6+,41-36?;. The van der Waals surface area contributed by atoms with E-state index in [0.717, 1.165) is 36.8 Å². The summed E-state index contributed by atoms with van der Waals surface area (Å²) >= 11 is 0. The molecule has 3 aromatic carbocycles. The van der Waals surface area contributed by atoms with Crippen molar-refractivity contribution in [3.05, 3.63) is 141 Å². The van der Waals surface area contributed by atoms with Crippen LogP contribution in [0.15, 0.2) is 102 Å². The molecule has 3 nitrogen and oxygen atoms in total. The number of aryl methyl sites for hydroxylation is 2. The monoisotopic (exact) mass is 618 g/mol. The van der Waals surface area contributed by atoms with Crippen molar-refractivity contribution < 1.29 is 13.6 Å². The average molecular weight is 619 g/mol. The number of piperidine rings is 1. The first-order chi connectivity index (χ1) is 22.0. The molecule has 1 N–H and O–H groups in total. The molecular formula is C41H44F2N2O. The van der Waals surface area contributed by atoms with Gasteiger partial charge in [-0.3, -0.25) is 10.2 Å². The Morgan fingerprint density at radius 1 is 1.00 bits per heavy atom. The lowest BCUT2D eigenvalue weighted by Crippen LogP contribution is -2.41. The fraction of sp³-hybridized carbons (Fsp3) is 0.317. The summed E-state index contributed by atoms with van der Waals surface area (Å²) in [4.78, 5) is 15.5. The van der Waals surface area contributed by atoms with Crippen LogP contribution in [-0.4, -0.2) is 29.6 Å². The molecule has 0 spiro atoms. The highest BCUT2D eigenvalue weighted by atomic mass is 19.1. The molecule has 0 bridgehead atoms. The highest BCUT2D eigenvalue weighted by Gasteiger charge is 2.49. The molecule has 46 heavy (non-hydrogen) atoms. The van der Waals surface area contributed by atoms with E-state index >= 15 is 0 Å². The minimum atomic E-state index is -0.374. The molecule has 3 aromatic rings. The van der Waals surface area contributed by atoms with Crippen LogP contribution < -0.4 is 0 Å². The molecule has 2 aliphatic rings. The van der Waals surface area contributed by atoms with Gasteiger partial charge in [0.25, 0.3) is 5.91 Å². The quantitative estimate of drug-likeness (QED) is 0.145. The lowest BCUT2D eigenvalue weighted by molar-refractivity contribution is 0.0668. The van der Waals surface area contributed by atoms with Crippen LogP contribution in [0.2, 0.25) is 0 Å². The van der Waals surface area contributed by atoms with E-state index in [1.165, 1.54) is 34.9 Å². The molecule has 1 fully saturated rings. The minimum Gasteiger partial charge on any atom is -0.339 e. The van der Waals surface area contributed by atoms with E-state index in [0.29, 0.717) is 35.7 Å². The van der Waals surface area contributed by atoms with Crippen molar-refractivity contribution in [3.63, 3.8) is 0 Å². The number of amides is 1. The van der Waals surface area contributed by atoms with Gasteiger partial charge in [0.1, 0.15) is 11.6 Å². The molecule has 1 aliphatic heterocycles. The molecule has 1 unspecified atom stereocenters. The van der Waals surface area contributed by atoms with Gasteiger partial charge in [-0.15, -0.1) is 12.3 Å². The topological polar surface area (TPSA) is 44.2 Å². The van der Waals surface area contributed by atoms with Crippen molar-refractivity contribution in [1.82, 2.24) is 4.90 Å². The van der Waals surface area contributed by atoms with Gasteiger partial charge in [0.15, 0.2) is 0 Å². The van der Waals surface area contributed by atoms with Crippen molar-refractivity contribution in [2.75, 3.05) is 13.1 Å². The van der Waals surface area contributed by atoms with Gasteiger partial charge in [-0.1, -0.05) is 54.1 Å². The normalized spacial score (nSPS) is 17.4. The molecule has 1 atom stereocenters. The van der Waals surface area contributed by atoms with Crippen LogP contribution in [0.5, 0.6) is 0 Å². The van der Waals surface area contributed by atoms with Crippen LogP contribution in [0, 0.1) is 47.6 Å². The molecule has 238 valence electrons. The molecule has 0 aromatic heterocycles. The summed E-state index contributed by atoms with van der Waals surface area (Å²) < 4.78 is 27.3. The number of nitrogens with zero attached hydrogens (tertiary/aromatic N) is 1. The number of allylic oxidation sites excluding steroid dienone is 6. The minimum absolute atomic E-state index is 0.00882. The van der Waals surface area contributed by atoms with Gasteiger partial charge in [0.05, 0.1) is 5.71 Å². The van der Waals surface area contributed by atoms with Crippen molar-refractivity contribution >= 4 is 11.6 Å². The zero-order valence-electron chi connectivity index (χ0n) is 27.6. The first-order valence-electron chi connectivity index (χ1n) is 15.9. The van der Waals surface area contributed by atoms with Crippen molar-refractivity contribution in [2.24, 2.45) is 11.3 Å². The summed E-state index contributed by atoms with van der Waals surface area (Å²) in [5, 5.41) is 8.56. The SMILES string of the molecule is C#CC.CC(C)=C(C)C1=CC1(/C=C/CCc1cccc(F)c1)C1CCN(C(=O)c2ccc(C(=N)c3cccc(F)c3)c(C)c2)CC1. The third-order valence-electron chi connectivity index (χ3n) is 9.12. The fourth-order valence-corrected chi connectivity index (χ4v) is 6.36. The van der Waals surface area contributed by atoms with Crippen LogP contribution >= 0.6 is 0 Å². The van der Waals surface area contributed by atoms with Crippen LogP contribution in [-0.2, 0) is 6.42 Å². The second-order valence-corrected chi connectivity index (χ2v) is 12.5. The first kappa shape index (κ1) is 34.3. The van der Waals surface area contributed by atoms with Crippen LogP contribution in [0.25, 0.3) is 0 Å². The molecule has 0 saturated carbocycles. The average Bonchev–Trinajstić information content (AvgIpc) is 3.78. The maximum absolute atomic E-state index is 13.7. The number of likely N-dealkylation sites (tertiary alicyclic amines) is 1. The van der Waals surface area contributed by atoms with Gasteiger partial charge in [-0.2, -0.15) is 0 Å². The highest BCUT2D eigenvalue weighted by Crippen LogP contribution is 2.58. The van der Waals surface area contributed by atoms with Crippen LogP contribution in [0.1, 0.15) is 79.6 Å². The smallest absolute Gasteiger partial charge is 0.253 e. The molecule has 1 aliphatic carbocycles. The summed E-state index contributed by atoms with van der Waals surface area (Å²) in [7, 11) is 0. The molecule has 5 rings (SSSR count). The van der Waals surface area contributed by atoms with Gasteiger partial charge in [-0.25, -0.2) is 8.78 Å². The molecule has 1 amide bonds. The Hall–Kier alpha value is -4.56. The third kappa shape index (κ3) is 7.98. The zero-order valence-corrected chi connectivity index (χ0v) is 27.6. The van der Waals surface area contributed by atoms with Crippen LogP contribution in [0.4, 0.5) is 8.78 Å². The Kier molecular flexibility index (Phi) is 11.3. The van der Waals surface area contributed by atoms with E-state index < -0.39 is 0 Å². The molecular weight excluding hydrogens is 574 g/mol. The van der Waals surface area contributed by atoms with Crippen molar-refractivity contribution in [2.45, 2.75) is 60.3 Å². The molecule has 1 heterocycles. The second-order valence-electron chi connectivity index (χ2n) is 12.5. The summed E-state index contributed by atoms with van der Waals surface area (Å²) in [5.74, 6) is 2.11. The Labute approximate surface area is 273 Å². The zero-order chi connectivity index (χ0) is 33.4. The Morgan fingerprint density at radius 3 is 2.26 bits per heavy atom. The second kappa shape index (κ2) is 15.1. The molecule has 5 heteroatoms. The highest BCUT2D eigenvalue weighted by molar-refractivity contribution is 6.12. The van der Waals surface area contributed by atoms with Gasteiger partial charge in [-0.05, 0) is 125 Å². The maximum atomic E-state index is 13.7. The number of terminal acetylenes is 1. The Morgan fingerprint density at radius 2 is 1.65 bits per heavy atom. The Balaban J connectivity index is 0.00000154. The van der Waals surface area contributed by atoms with E-state index in [2.05, 4.69) is 51.3 Å². The Bertz CT molecular complexity index is 1730. The number of carbonyl (C=O) groups is 1. The fourth-order valence-electron chi connectivity index (χ4n) is 6.36. The first-order valence-corrected chi connectivity index (χ1v) is 15.9. The van der Waals surface area contributed by atoms with Gasteiger partial charge in [0.2, 0.25) is 0 Å². The van der Waals surface area contributed by atoms with Gasteiger partial charge < -0.3 is 4.90 Å². The lowest BCUT2D eigenvalue weighted by Gasteiger charge is -2.37. The number of halogens is 2. The van der Waals surface area contributed by atoms with Gasteiger partial charge >= 0.3 is 0 Å². The lowest BCUT2D eigenvalue weighted by atomic mass is 9.76. The number of rotatable bonds is 9.